The van der Waals surface area contributed by atoms with Crippen LogP contribution < -0.4 is 5.32 Å². The molecule has 0 saturated carbocycles. The van der Waals surface area contributed by atoms with Crippen LogP contribution in [0.1, 0.15) is 23.0 Å². The van der Waals surface area contributed by atoms with E-state index in [0.717, 1.165) is 6.07 Å². The van der Waals surface area contributed by atoms with Crippen molar-refractivity contribution in [2.75, 3.05) is 11.9 Å². The molecule has 0 spiro atoms. The first kappa shape index (κ1) is 14.0. The Kier molecular flexibility index (Phi) is 3.95. The summed E-state index contributed by atoms with van der Waals surface area (Å²) in [6, 6.07) is 1.51. The third-order valence-electron chi connectivity index (χ3n) is 1.97. The van der Waals surface area contributed by atoms with Crippen LogP contribution in [0.4, 0.5) is 19.0 Å². The molecule has 1 aromatic rings. The van der Waals surface area contributed by atoms with Crippen LogP contribution in [0.2, 0.25) is 0 Å². The second-order valence-electron chi connectivity index (χ2n) is 3.71. The Hall–Kier alpha value is -2.05. The summed E-state index contributed by atoms with van der Waals surface area (Å²) in [5.74, 6) is -1.67. The Morgan fingerprint density at radius 3 is 2.56 bits per heavy atom. The molecule has 0 aromatic carbocycles. The highest BCUT2D eigenvalue weighted by molar-refractivity contribution is 5.93. The lowest BCUT2D eigenvalue weighted by Gasteiger charge is -2.12. The molecular formula is C11H11F3N2O2. The summed E-state index contributed by atoms with van der Waals surface area (Å²) in [5.41, 5.74) is -0.813. The van der Waals surface area contributed by atoms with E-state index in [9.17, 15) is 18.0 Å². The standard InChI is InChI=1S/C11H11F3N2O2/c1-6(2)5-15-9-7(10(17)18)3-4-8(16-9)11(12,13)14/h3-4H,1,5H2,2H3,(H,15,16)(H,17,18). The molecule has 1 rings (SSSR count). The summed E-state index contributed by atoms with van der Waals surface area (Å²) < 4.78 is 37.3. The lowest BCUT2D eigenvalue weighted by atomic mass is 10.2. The number of halogens is 3. The van der Waals surface area contributed by atoms with Crippen LogP contribution in [0.25, 0.3) is 0 Å². The third-order valence-corrected chi connectivity index (χ3v) is 1.97. The molecule has 0 amide bonds. The average molecular weight is 260 g/mol. The summed E-state index contributed by atoms with van der Waals surface area (Å²) in [5, 5.41) is 11.4. The Morgan fingerprint density at radius 2 is 2.11 bits per heavy atom. The Morgan fingerprint density at radius 1 is 1.50 bits per heavy atom. The molecule has 98 valence electrons. The van der Waals surface area contributed by atoms with Crippen LogP contribution in [-0.2, 0) is 6.18 Å². The Bertz CT molecular complexity index is 484. The number of hydrogen-bond acceptors (Lipinski definition) is 3. The van der Waals surface area contributed by atoms with Gasteiger partial charge in [0.1, 0.15) is 17.1 Å². The fourth-order valence-electron chi connectivity index (χ4n) is 1.16. The highest BCUT2D eigenvalue weighted by atomic mass is 19.4. The molecule has 0 fully saturated rings. The first-order valence-electron chi connectivity index (χ1n) is 4.91. The molecule has 7 heteroatoms. The number of aromatic carboxylic acids is 1. The zero-order valence-corrected chi connectivity index (χ0v) is 9.51. The molecule has 1 aromatic heterocycles. The van der Waals surface area contributed by atoms with Crippen molar-refractivity contribution in [1.82, 2.24) is 4.98 Å². The number of carbonyl (C=O) groups is 1. The normalized spacial score (nSPS) is 11.1. The minimum Gasteiger partial charge on any atom is -0.478 e. The van der Waals surface area contributed by atoms with Gasteiger partial charge in [0.05, 0.1) is 0 Å². The maximum atomic E-state index is 12.4. The predicted octanol–water partition coefficient (Wildman–Crippen LogP) is 2.79. The van der Waals surface area contributed by atoms with Gasteiger partial charge >= 0.3 is 12.1 Å². The summed E-state index contributed by atoms with van der Waals surface area (Å²) in [4.78, 5) is 14.1. The smallest absolute Gasteiger partial charge is 0.433 e. The number of carboxylic acid groups (broad SMARTS) is 1. The van der Waals surface area contributed by atoms with Gasteiger partial charge in [-0.15, -0.1) is 0 Å². The molecule has 0 atom stereocenters. The van der Waals surface area contributed by atoms with E-state index >= 15 is 0 Å². The van der Waals surface area contributed by atoms with Crippen molar-refractivity contribution >= 4 is 11.8 Å². The molecule has 0 aliphatic rings. The van der Waals surface area contributed by atoms with Gasteiger partial charge in [-0.1, -0.05) is 12.2 Å². The van der Waals surface area contributed by atoms with Crippen molar-refractivity contribution < 1.29 is 23.1 Å². The summed E-state index contributed by atoms with van der Waals surface area (Å²) in [6.45, 7) is 5.36. The number of rotatable bonds is 4. The molecule has 18 heavy (non-hydrogen) atoms. The number of carboxylic acids is 1. The number of nitrogens with one attached hydrogen (secondary N) is 1. The highest BCUT2D eigenvalue weighted by Crippen LogP contribution is 2.29. The zero-order chi connectivity index (χ0) is 13.9. The first-order valence-corrected chi connectivity index (χ1v) is 4.91. The van der Waals surface area contributed by atoms with Gasteiger partial charge in [-0.05, 0) is 19.1 Å². The molecule has 0 aliphatic carbocycles. The van der Waals surface area contributed by atoms with E-state index in [1.54, 1.807) is 6.92 Å². The molecule has 0 aliphatic heterocycles. The zero-order valence-electron chi connectivity index (χ0n) is 9.51. The van der Waals surface area contributed by atoms with Gasteiger partial charge in [0.15, 0.2) is 0 Å². The molecule has 4 nitrogen and oxygen atoms in total. The number of hydrogen-bond donors (Lipinski definition) is 2. The maximum Gasteiger partial charge on any atom is 0.433 e. The number of pyridine rings is 1. The van der Waals surface area contributed by atoms with E-state index in [0.29, 0.717) is 11.6 Å². The average Bonchev–Trinajstić information content (AvgIpc) is 2.24. The third kappa shape index (κ3) is 3.47. The molecular weight excluding hydrogens is 249 g/mol. The van der Waals surface area contributed by atoms with Crippen molar-refractivity contribution in [2.24, 2.45) is 0 Å². The van der Waals surface area contributed by atoms with Crippen LogP contribution in [0.5, 0.6) is 0 Å². The lowest BCUT2D eigenvalue weighted by molar-refractivity contribution is -0.141. The first-order chi connectivity index (χ1) is 8.21. The number of aromatic nitrogens is 1. The predicted molar refractivity (Wildman–Crippen MR) is 59.5 cm³/mol. The maximum absolute atomic E-state index is 12.4. The van der Waals surface area contributed by atoms with E-state index in [4.69, 9.17) is 5.11 Å². The van der Waals surface area contributed by atoms with Crippen molar-refractivity contribution in [3.05, 3.63) is 35.5 Å². The molecule has 2 N–H and O–H groups in total. The van der Waals surface area contributed by atoms with Crippen LogP contribution in [0.3, 0.4) is 0 Å². The van der Waals surface area contributed by atoms with E-state index in [-0.39, 0.29) is 17.9 Å². The molecule has 0 unspecified atom stereocenters. The van der Waals surface area contributed by atoms with Crippen molar-refractivity contribution in [3.63, 3.8) is 0 Å². The summed E-state index contributed by atoms with van der Waals surface area (Å²) in [6.07, 6.45) is -4.61. The molecule has 0 bridgehead atoms. The van der Waals surface area contributed by atoms with Crippen molar-refractivity contribution in [2.45, 2.75) is 13.1 Å². The van der Waals surface area contributed by atoms with Crippen molar-refractivity contribution in [1.29, 1.82) is 0 Å². The fraction of sp³-hybridized carbons (Fsp3) is 0.273. The van der Waals surface area contributed by atoms with Gasteiger partial charge < -0.3 is 10.4 Å². The minimum atomic E-state index is -4.61. The minimum absolute atomic E-state index is 0.147. The van der Waals surface area contributed by atoms with Gasteiger partial charge in [0.2, 0.25) is 0 Å². The highest BCUT2D eigenvalue weighted by Gasteiger charge is 2.33. The SMILES string of the molecule is C=C(C)CNc1nc(C(F)(F)F)ccc1C(=O)O. The van der Waals surface area contributed by atoms with E-state index in [1.807, 2.05) is 0 Å². The molecule has 0 saturated heterocycles. The van der Waals surface area contributed by atoms with Crippen LogP contribution in [-0.4, -0.2) is 22.6 Å². The van der Waals surface area contributed by atoms with Gasteiger partial charge in [0, 0.05) is 6.54 Å². The summed E-state index contributed by atoms with van der Waals surface area (Å²) in [7, 11) is 0. The Labute approximate surface area is 101 Å². The number of nitrogens with zero attached hydrogens (tertiary/aromatic N) is 1. The lowest BCUT2D eigenvalue weighted by Crippen LogP contribution is -2.15. The van der Waals surface area contributed by atoms with Gasteiger partial charge in [-0.3, -0.25) is 0 Å². The monoisotopic (exact) mass is 260 g/mol. The van der Waals surface area contributed by atoms with E-state index in [2.05, 4.69) is 16.9 Å². The van der Waals surface area contributed by atoms with Crippen molar-refractivity contribution in [3.8, 4) is 0 Å². The molecule has 1 heterocycles. The van der Waals surface area contributed by atoms with Gasteiger partial charge in [0.25, 0.3) is 0 Å². The van der Waals surface area contributed by atoms with Crippen LogP contribution in [0, 0.1) is 0 Å². The topological polar surface area (TPSA) is 62.2 Å². The van der Waals surface area contributed by atoms with E-state index < -0.39 is 17.8 Å². The second kappa shape index (κ2) is 5.07. The number of alkyl halides is 3. The fourth-order valence-corrected chi connectivity index (χ4v) is 1.16. The van der Waals surface area contributed by atoms with Crippen LogP contribution in [0.15, 0.2) is 24.3 Å². The second-order valence-corrected chi connectivity index (χ2v) is 3.71. The summed E-state index contributed by atoms with van der Waals surface area (Å²) >= 11 is 0. The van der Waals surface area contributed by atoms with Gasteiger partial charge in [-0.25, -0.2) is 9.78 Å². The van der Waals surface area contributed by atoms with E-state index in [1.165, 1.54) is 0 Å². The quantitative estimate of drug-likeness (QED) is 0.817. The van der Waals surface area contributed by atoms with Gasteiger partial charge in [-0.2, -0.15) is 13.2 Å². The Balaban J connectivity index is 3.15. The largest absolute Gasteiger partial charge is 0.478 e. The van der Waals surface area contributed by atoms with Crippen LogP contribution >= 0.6 is 0 Å². The molecule has 0 radical (unpaired) electrons. The number of anilines is 1.